The van der Waals surface area contributed by atoms with Gasteiger partial charge in [-0.2, -0.15) is 5.10 Å². The Morgan fingerprint density at radius 1 is 1.13 bits per heavy atom. The fraction of sp³-hybridized carbons (Fsp3) is 0.118. The van der Waals surface area contributed by atoms with Crippen LogP contribution < -0.4 is 10.6 Å². The summed E-state index contributed by atoms with van der Waals surface area (Å²) in [6.07, 6.45) is 6.88. The Morgan fingerprint density at radius 3 is 2.61 bits per heavy atom. The van der Waals surface area contributed by atoms with Gasteiger partial charge in [-0.25, -0.2) is 9.48 Å². The Morgan fingerprint density at radius 2 is 1.96 bits per heavy atom. The highest BCUT2D eigenvalue weighted by molar-refractivity contribution is 5.89. The average Bonchev–Trinajstić information content (AvgIpc) is 3.10. The van der Waals surface area contributed by atoms with Crippen LogP contribution in [0.4, 0.5) is 10.5 Å². The second-order valence-electron chi connectivity index (χ2n) is 5.10. The summed E-state index contributed by atoms with van der Waals surface area (Å²) < 4.78 is 1.79. The summed E-state index contributed by atoms with van der Waals surface area (Å²) in [5, 5.41) is 9.84. The van der Waals surface area contributed by atoms with Crippen LogP contribution in [0.2, 0.25) is 0 Å². The lowest BCUT2D eigenvalue weighted by Gasteiger charge is -2.15. The zero-order valence-electron chi connectivity index (χ0n) is 12.7. The second kappa shape index (κ2) is 6.74. The molecule has 0 radical (unpaired) electrons. The van der Waals surface area contributed by atoms with Crippen molar-refractivity contribution in [1.82, 2.24) is 20.1 Å². The van der Waals surface area contributed by atoms with Crippen molar-refractivity contribution in [2.24, 2.45) is 0 Å². The SMILES string of the molecule is CC(NC(=O)Nc1cccnc1)c1ccc(-n2cccn2)cc1. The van der Waals surface area contributed by atoms with Crippen LogP contribution in [0, 0.1) is 0 Å². The predicted molar refractivity (Wildman–Crippen MR) is 88.4 cm³/mol. The van der Waals surface area contributed by atoms with E-state index < -0.39 is 0 Å². The minimum absolute atomic E-state index is 0.113. The molecule has 0 aliphatic heterocycles. The highest BCUT2D eigenvalue weighted by atomic mass is 16.2. The molecule has 23 heavy (non-hydrogen) atoms. The Balaban J connectivity index is 1.61. The third-order valence-corrected chi connectivity index (χ3v) is 3.43. The van der Waals surface area contributed by atoms with E-state index in [1.165, 1.54) is 0 Å². The molecule has 3 aromatic rings. The molecule has 2 aromatic heterocycles. The molecule has 0 spiro atoms. The minimum Gasteiger partial charge on any atom is -0.331 e. The molecule has 0 saturated carbocycles. The molecule has 2 amide bonds. The molecule has 1 unspecified atom stereocenters. The fourth-order valence-corrected chi connectivity index (χ4v) is 2.22. The lowest BCUT2D eigenvalue weighted by molar-refractivity contribution is 0.249. The van der Waals surface area contributed by atoms with Crippen LogP contribution in [0.1, 0.15) is 18.5 Å². The molecule has 3 rings (SSSR count). The van der Waals surface area contributed by atoms with Gasteiger partial charge >= 0.3 is 6.03 Å². The lowest BCUT2D eigenvalue weighted by Crippen LogP contribution is -2.31. The maximum Gasteiger partial charge on any atom is 0.319 e. The number of urea groups is 1. The summed E-state index contributed by atoms with van der Waals surface area (Å²) >= 11 is 0. The number of aromatic nitrogens is 3. The lowest BCUT2D eigenvalue weighted by atomic mass is 10.1. The molecule has 6 heteroatoms. The molecule has 116 valence electrons. The number of amides is 2. The third-order valence-electron chi connectivity index (χ3n) is 3.43. The summed E-state index contributed by atoms with van der Waals surface area (Å²) in [6, 6.07) is 13.0. The van der Waals surface area contributed by atoms with Crippen molar-refractivity contribution >= 4 is 11.7 Å². The number of nitrogens with zero attached hydrogens (tertiary/aromatic N) is 3. The van der Waals surface area contributed by atoms with E-state index in [1.807, 2.05) is 43.5 Å². The number of nitrogens with one attached hydrogen (secondary N) is 2. The Bertz CT molecular complexity index is 753. The molecule has 0 fully saturated rings. The highest BCUT2D eigenvalue weighted by Gasteiger charge is 2.10. The van der Waals surface area contributed by atoms with Gasteiger partial charge in [0.05, 0.1) is 23.6 Å². The molecule has 2 heterocycles. The molecule has 1 aromatic carbocycles. The molecule has 0 aliphatic carbocycles. The number of carbonyl (C=O) groups is 1. The molecule has 2 N–H and O–H groups in total. The third kappa shape index (κ3) is 3.74. The normalized spacial score (nSPS) is 11.7. The predicted octanol–water partition coefficient (Wildman–Crippen LogP) is 3.15. The van der Waals surface area contributed by atoms with E-state index in [1.54, 1.807) is 35.4 Å². The second-order valence-corrected chi connectivity index (χ2v) is 5.10. The Kier molecular flexibility index (Phi) is 4.33. The summed E-state index contributed by atoms with van der Waals surface area (Å²) in [5.41, 5.74) is 2.65. The van der Waals surface area contributed by atoms with Gasteiger partial charge in [-0.05, 0) is 42.8 Å². The van der Waals surface area contributed by atoms with Gasteiger partial charge in [0.15, 0.2) is 0 Å². The first-order valence-electron chi connectivity index (χ1n) is 7.30. The van der Waals surface area contributed by atoms with Gasteiger partial charge in [-0.15, -0.1) is 0 Å². The number of rotatable bonds is 4. The summed E-state index contributed by atoms with van der Waals surface area (Å²) in [6.45, 7) is 1.94. The minimum atomic E-state index is -0.262. The van der Waals surface area contributed by atoms with Crippen LogP contribution in [0.25, 0.3) is 5.69 Å². The van der Waals surface area contributed by atoms with Crippen molar-refractivity contribution in [3.63, 3.8) is 0 Å². The van der Waals surface area contributed by atoms with Crippen molar-refractivity contribution in [3.05, 3.63) is 72.8 Å². The topological polar surface area (TPSA) is 71.8 Å². The zero-order valence-corrected chi connectivity index (χ0v) is 12.7. The fourth-order valence-electron chi connectivity index (χ4n) is 2.22. The number of hydrogen-bond donors (Lipinski definition) is 2. The molecule has 1 atom stereocenters. The van der Waals surface area contributed by atoms with E-state index in [0.717, 1.165) is 11.3 Å². The van der Waals surface area contributed by atoms with Gasteiger partial charge in [-0.1, -0.05) is 12.1 Å². The molecule has 0 saturated heterocycles. The number of pyridine rings is 1. The van der Waals surface area contributed by atoms with Crippen molar-refractivity contribution in [1.29, 1.82) is 0 Å². The molecule has 0 bridgehead atoms. The van der Waals surface area contributed by atoms with Crippen LogP contribution in [-0.2, 0) is 0 Å². The van der Waals surface area contributed by atoms with E-state index in [-0.39, 0.29) is 12.1 Å². The smallest absolute Gasteiger partial charge is 0.319 e. The number of carbonyl (C=O) groups excluding carboxylic acids is 1. The summed E-state index contributed by atoms with van der Waals surface area (Å²) in [4.78, 5) is 15.9. The molecular formula is C17H17N5O. The van der Waals surface area contributed by atoms with Crippen LogP contribution in [-0.4, -0.2) is 20.8 Å². The Labute approximate surface area is 134 Å². The monoisotopic (exact) mass is 307 g/mol. The number of anilines is 1. The summed E-state index contributed by atoms with van der Waals surface area (Å²) in [7, 11) is 0. The highest BCUT2D eigenvalue weighted by Crippen LogP contribution is 2.15. The van der Waals surface area contributed by atoms with E-state index in [0.29, 0.717) is 5.69 Å². The number of hydrogen-bond acceptors (Lipinski definition) is 3. The maximum absolute atomic E-state index is 12.0. The quantitative estimate of drug-likeness (QED) is 0.777. The van der Waals surface area contributed by atoms with Crippen LogP contribution in [0.15, 0.2) is 67.3 Å². The van der Waals surface area contributed by atoms with E-state index in [9.17, 15) is 4.79 Å². The van der Waals surface area contributed by atoms with Crippen molar-refractivity contribution in [2.45, 2.75) is 13.0 Å². The largest absolute Gasteiger partial charge is 0.331 e. The first-order valence-corrected chi connectivity index (χ1v) is 7.30. The molecular weight excluding hydrogens is 290 g/mol. The molecule has 0 aliphatic rings. The summed E-state index contributed by atoms with van der Waals surface area (Å²) in [5.74, 6) is 0. The van der Waals surface area contributed by atoms with E-state index in [4.69, 9.17) is 0 Å². The van der Waals surface area contributed by atoms with Gasteiger partial charge in [0.25, 0.3) is 0 Å². The first-order chi connectivity index (χ1) is 11.2. The zero-order chi connectivity index (χ0) is 16.1. The van der Waals surface area contributed by atoms with Crippen molar-refractivity contribution in [3.8, 4) is 5.69 Å². The van der Waals surface area contributed by atoms with Gasteiger partial charge in [-0.3, -0.25) is 4.98 Å². The van der Waals surface area contributed by atoms with Crippen LogP contribution >= 0.6 is 0 Å². The van der Waals surface area contributed by atoms with Crippen LogP contribution in [0.3, 0.4) is 0 Å². The van der Waals surface area contributed by atoms with Crippen molar-refractivity contribution < 1.29 is 4.79 Å². The average molecular weight is 307 g/mol. The molecule has 6 nitrogen and oxygen atoms in total. The van der Waals surface area contributed by atoms with Crippen molar-refractivity contribution in [2.75, 3.05) is 5.32 Å². The van der Waals surface area contributed by atoms with E-state index in [2.05, 4.69) is 20.7 Å². The van der Waals surface area contributed by atoms with E-state index >= 15 is 0 Å². The van der Waals surface area contributed by atoms with Gasteiger partial charge in [0.1, 0.15) is 0 Å². The Hall–Kier alpha value is -3.15. The van der Waals surface area contributed by atoms with Gasteiger partial charge in [0.2, 0.25) is 0 Å². The number of benzene rings is 1. The first kappa shape index (κ1) is 14.8. The van der Waals surface area contributed by atoms with Gasteiger partial charge < -0.3 is 10.6 Å². The maximum atomic E-state index is 12.0. The van der Waals surface area contributed by atoms with Crippen LogP contribution in [0.5, 0.6) is 0 Å². The standard InChI is InChI=1S/C17H17N5O/c1-13(20-17(23)21-15-4-2-9-18-12-15)14-5-7-16(8-6-14)22-11-3-10-19-22/h2-13H,1H3,(H2,20,21,23). The van der Waals surface area contributed by atoms with Gasteiger partial charge in [0, 0.05) is 18.6 Å².